The summed E-state index contributed by atoms with van der Waals surface area (Å²) in [7, 11) is 0. The molecule has 3 aromatic rings. The molecule has 1 atom stereocenters. The van der Waals surface area contributed by atoms with E-state index in [1.807, 2.05) is 24.3 Å². The van der Waals surface area contributed by atoms with Crippen LogP contribution in [0, 0.1) is 0 Å². The predicted octanol–water partition coefficient (Wildman–Crippen LogP) is 3.96. The number of amides is 2. The quantitative estimate of drug-likeness (QED) is 0.469. The number of carbonyl (C=O) groups excluding carboxylic acids is 2. The van der Waals surface area contributed by atoms with Crippen molar-refractivity contribution in [2.45, 2.75) is 31.7 Å². The van der Waals surface area contributed by atoms with E-state index in [2.05, 4.69) is 39.9 Å². The van der Waals surface area contributed by atoms with Crippen LogP contribution in [0.2, 0.25) is 0 Å². The highest BCUT2D eigenvalue weighted by Gasteiger charge is 2.29. The molecule has 0 unspecified atom stereocenters. The van der Waals surface area contributed by atoms with Crippen molar-refractivity contribution in [2.24, 2.45) is 0 Å². The number of nitrogens with one attached hydrogen (secondary N) is 2. The molecule has 4 rings (SSSR count). The fraction of sp³-hybridized carbons (Fsp3) is 0.231. The van der Waals surface area contributed by atoms with Crippen LogP contribution in [-0.2, 0) is 20.7 Å². The molecule has 3 N–H and O–H groups in total. The normalized spacial score (nSPS) is 12.9. The molecule has 1 aliphatic carbocycles. The number of nitrogens with zero attached hydrogens (tertiary/aromatic N) is 1. The molecule has 0 radical (unpaired) electrons. The highest BCUT2D eigenvalue weighted by molar-refractivity contribution is 5.86. The van der Waals surface area contributed by atoms with Crippen LogP contribution in [0.3, 0.4) is 0 Å². The van der Waals surface area contributed by atoms with Gasteiger partial charge in [0.2, 0.25) is 5.91 Å². The van der Waals surface area contributed by atoms with Crippen LogP contribution in [0.1, 0.15) is 36.1 Å². The Labute approximate surface area is 197 Å². The first kappa shape index (κ1) is 23.0. The summed E-state index contributed by atoms with van der Waals surface area (Å²) in [6.45, 7) is 1.88. The van der Waals surface area contributed by atoms with Gasteiger partial charge in [-0.05, 0) is 40.8 Å². The number of rotatable bonds is 8. The van der Waals surface area contributed by atoms with Crippen LogP contribution in [0.15, 0.2) is 66.9 Å². The van der Waals surface area contributed by atoms with E-state index in [9.17, 15) is 14.4 Å². The number of carbonyl (C=O) groups is 3. The number of ether oxygens (including phenoxy) is 1. The highest BCUT2D eigenvalue weighted by atomic mass is 16.5. The number of fused-ring (bicyclic) bond motifs is 3. The Bertz CT molecular complexity index is 1160. The predicted molar refractivity (Wildman–Crippen MR) is 126 cm³/mol. The second-order valence-electron chi connectivity index (χ2n) is 8.03. The number of hydrogen-bond donors (Lipinski definition) is 3. The summed E-state index contributed by atoms with van der Waals surface area (Å²) in [6, 6.07) is 18.5. The largest absolute Gasteiger partial charge is 0.480 e. The summed E-state index contributed by atoms with van der Waals surface area (Å²) in [6.07, 6.45) is 1.06. The minimum atomic E-state index is -1.08. The van der Waals surface area contributed by atoms with E-state index < -0.39 is 24.0 Å². The van der Waals surface area contributed by atoms with Crippen LogP contribution in [0.5, 0.6) is 0 Å². The summed E-state index contributed by atoms with van der Waals surface area (Å²) in [5.74, 6) is -1.54. The van der Waals surface area contributed by atoms with E-state index in [0.717, 1.165) is 22.3 Å². The first-order chi connectivity index (χ1) is 16.5. The Balaban J connectivity index is 1.32. The molecule has 2 amide bonds. The van der Waals surface area contributed by atoms with E-state index in [-0.39, 0.29) is 25.4 Å². The average molecular weight is 460 g/mol. The monoisotopic (exact) mass is 459 g/mol. The lowest BCUT2D eigenvalue weighted by Crippen LogP contribution is -2.41. The maximum atomic E-state index is 12.4. The Hall–Kier alpha value is -4.20. The number of pyridine rings is 1. The van der Waals surface area contributed by atoms with E-state index >= 15 is 0 Å². The maximum absolute atomic E-state index is 12.4. The number of hydrogen-bond acceptors (Lipinski definition) is 5. The third-order valence-corrected chi connectivity index (χ3v) is 5.80. The molecule has 0 saturated carbocycles. The molecule has 174 valence electrons. The number of benzene rings is 2. The summed E-state index contributed by atoms with van der Waals surface area (Å²) < 4.78 is 5.52. The Kier molecular flexibility index (Phi) is 6.87. The second-order valence-corrected chi connectivity index (χ2v) is 8.03. The Morgan fingerprint density at radius 2 is 1.65 bits per heavy atom. The molecule has 1 heterocycles. The number of aromatic nitrogens is 1. The fourth-order valence-electron chi connectivity index (χ4n) is 4.10. The van der Waals surface area contributed by atoms with Crippen LogP contribution < -0.4 is 10.6 Å². The Morgan fingerprint density at radius 3 is 2.21 bits per heavy atom. The zero-order valence-electron chi connectivity index (χ0n) is 18.7. The van der Waals surface area contributed by atoms with Gasteiger partial charge >= 0.3 is 12.1 Å². The molecule has 2 aromatic carbocycles. The SMILES string of the molecule is CC[C@H](NC(=O)Cc1ccc(NC(=O)OCC2c3ccccc3-c3ccccc32)cn1)C(=O)O. The van der Waals surface area contributed by atoms with Crippen molar-refractivity contribution in [3.8, 4) is 11.1 Å². The number of anilines is 1. The molecule has 0 saturated heterocycles. The van der Waals surface area contributed by atoms with Crippen molar-refractivity contribution >= 4 is 23.7 Å². The van der Waals surface area contributed by atoms with Gasteiger partial charge in [-0.1, -0.05) is 55.5 Å². The van der Waals surface area contributed by atoms with Crippen molar-refractivity contribution in [2.75, 3.05) is 11.9 Å². The summed E-state index contributed by atoms with van der Waals surface area (Å²) >= 11 is 0. The third-order valence-electron chi connectivity index (χ3n) is 5.80. The van der Waals surface area contributed by atoms with Gasteiger partial charge in [-0.25, -0.2) is 9.59 Å². The number of aliphatic carboxylic acids is 1. The van der Waals surface area contributed by atoms with Crippen LogP contribution in [0.25, 0.3) is 11.1 Å². The number of carboxylic acids is 1. The highest BCUT2D eigenvalue weighted by Crippen LogP contribution is 2.44. The van der Waals surface area contributed by atoms with Gasteiger partial charge in [-0.3, -0.25) is 15.1 Å². The lowest BCUT2D eigenvalue weighted by atomic mass is 9.98. The number of carboxylic acid groups (broad SMARTS) is 1. The minimum absolute atomic E-state index is 0.0325. The molecule has 1 aromatic heterocycles. The lowest BCUT2D eigenvalue weighted by molar-refractivity contribution is -0.141. The van der Waals surface area contributed by atoms with Gasteiger partial charge in [-0.15, -0.1) is 0 Å². The third kappa shape index (κ3) is 5.06. The van der Waals surface area contributed by atoms with Crippen molar-refractivity contribution < 1.29 is 24.2 Å². The van der Waals surface area contributed by atoms with Crippen molar-refractivity contribution in [1.82, 2.24) is 10.3 Å². The van der Waals surface area contributed by atoms with E-state index in [0.29, 0.717) is 11.4 Å². The van der Waals surface area contributed by atoms with Gasteiger partial charge in [0, 0.05) is 11.6 Å². The van der Waals surface area contributed by atoms with Gasteiger partial charge in [0.1, 0.15) is 12.6 Å². The van der Waals surface area contributed by atoms with Crippen LogP contribution >= 0.6 is 0 Å². The smallest absolute Gasteiger partial charge is 0.411 e. The molecule has 0 spiro atoms. The zero-order valence-corrected chi connectivity index (χ0v) is 18.7. The molecule has 8 heteroatoms. The average Bonchev–Trinajstić information content (AvgIpc) is 3.16. The molecule has 34 heavy (non-hydrogen) atoms. The summed E-state index contributed by atoms with van der Waals surface area (Å²) in [5, 5.41) is 14.1. The molecule has 0 fully saturated rings. The molecule has 0 bridgehead atoms. The Morgan fingerprint density at radius 1 is 1.00 bits per heavy atom. The minimum Gasteiger partial charge on any atom is -0.480 e. The van der Waals surface area contributed by atoms with Gasteiger partial charge in [-0.2, -0.15) is 0 Å². The maximum Gasteiger partial charge on any atom is 0.411 e. The first-order valence-corrected chi connectivity index (χ1v) is 11.1. The lowest BCUT2D eigenvalue weighted by Gasteiger charge is -2.14. The second kappa shape index (κ2) is 10.2. The van der Waals surface area contributed by atoms with Gasteiger partial charge < -0.3 is 15.2 Å². The molecule has 0 aliphatic heterocycles. The van der Waals surface area contributed by atoms with Gasteiger partial charge in [0.05, 0.1) is 18.3 Å². The van der Waals surface area contributed by atoms with Crippen LogP contribution in [-0.4, -0.2) is 40.7 Å². The van der Waals surface area contributed by atoms with E-state index in [4.69, 9.17) is 9.84 Å². The topological polar surface area (TPSA) is 118 Å². The van der Waals surface area contributed by atoms with E-state index in [1.54, 1.807) is 19.1 Å². The van der Waals surface area contributed by atoms with Crippen molar-refractivity contribution in [3.63, 3.8) is 0 Å². The van der Waals surface area contributed by atoms with E-state index in [1.165, 1.54) is 6.20 Å². The standard InChI is InChI=1S/C26H25N3O5/c1-2-23(25(31)32)29-24(30)13-16-11-12-17(14-27-16)28-26(33)34-15-22-20-9-5-3-7-18(20)19-8-4-6-10-21(19)22/h3-12,14,22-23H,2,13,15H2,1H3,(H,28,33)(H,29,30)(H,31,32)/t23-/m0/s1. The van der Waals surface area contributed by atoms with Crippen molar-refractivity contribution in [1.29, 1.82) is 0 Å². The summed E-state index contributed by atoms with van der Waals surface area (Å²) in [4.78, 5) is 39.6. The molecule has 1 aliphatic rings. The zero-order chi connectivity index (χ0) is 24.1. The van der Waals surface area contributed by atoms with Gasteiger partial charge in [0.15, 0.2) is 0 Å². The molecular formula is C26H25N3O5. The van der Waals surface area contributed by atoms with Crippen LogP contribution in [0.4, 0.5) is 10.5 Å². The summed E-state index contributed by atoms with van der Waals surface area (Å²) in [5.41, 5.74) is 5.46. The molecule has 8 nitrogen and oxygen atoms in total. The molecular weight excluding hydrogens is 434 g/mol. The van der Waals surface area contributed by atoms with Gasteiger partial charge in [0.25, 0.3) is 0 Å². The first-order valence-electron chi connectivity index (χ1n) is 11.1. The fourth-order valence-corrected chi connectivity index (χ4v) is 4.10. The van der Waals surface area contributed by atoms with Crippen molar-refractivity contribution in [3.05, 3.63) is 83.7 Å².